The van der Waals surface area contributed by atoms with E-state index in [1.807, 2.05) is 30.5 Å². The lowest BCUT2D eigenvalue weighted by Gasteiger charge is -2.24. The second-order valence-corrected chi connectivity index (χ2v) is 11.6. The van der Waals surface area contributed by atoms with Gasteiger partial charge >= 0.3 is 0 Å². The number of ether oxygens (including phenoxy) is 2. The molecule has 41 heavy (non-hydrogen) atoms. The maximum atomic E-state index is 13.7. The molecule has 3 aromatic carbocycles. The van der Waals surface area contributed by atoms with Crippen molar-refractivity contribution in [1.82, 2.24) is 9.99 Å². The summed E-state index contributed by atoms with van der Waals surface area (Å²) in [5.74, 6) is -0.0145. The SMILES string of the molecule is COc1ccc(S(=O)(=O)N(CC(=O)N/N=C\c2cc(C)n(-c3ccc(Cl)cc3Cl)c2C)c2ccccc2)cc1OC. The zero-order chi connectivity index (χ0) is 29.7. The first-order valence-corrected chi connectivity index (χ1v) is 14.5. The molecule has 4 rings (SSSR count). The van der Waals surface area contributed by atoms with Crippen LogP contribution in [0.1, 0.15) is 17.0 Å². The molecule has 4 aromatic rings. The molecule has 0 spiro atoms. The summed E-state index contributed by atoms with van der Waals surface area (Å²) < 4.78 is 40.8. The van der Waals surface area contributed by atoms with E-state index in [0.29, 0.717) is 21.5 Å². The Morgan fingerprint density at radius 3 is 2.34 bits per heavy atom. The van der Waals surface area contributed by atoms with Gasteiger partial charge in [0.2, 0.25) is 0 Å². The van der Waals surface area contributed by atoms with Crippen molar-refractivity contribution in [2.75, 3.05) is 25.1 Å². The van der Waals surface area contributed by atoms with E-state index in [0.717, 1.165) is 26.9 Å². The molecule has 0 atom stereocenters. The Kier molecular flexibility index (Phi) is 9.27. The number of rotatable bonds is 10. The number of methoxy groups -OCH3 is 2. The molecule has 0 fully saturated rings. The van der Waals surface area contributed by atoms with Crippen molar-refractivity contribution in [3.8, 4) is 17.2 Å². The minimum absolute atomic E-state index is 0.0661. The van der Waals surface area contributed by atoms with E-state index in [2.05, 4.69) is 10.5 Å². The van der Waals surface area contributed by atoms with E-state index in [1.165, 1.54) is 38.6 Å². The van der Waals surface area contributed by atoms with Crippen LogP contribution in [-0.4, -0.2) is 45.9 Å². The van der Waals surface area contributed by atoms with Gasteiger partial charge in [-0.2, -0.15) is 5.10 Å². The molecule has 0 saturated carbocycles. The van der Waals surface area contributed by atoms with Gasteiger partial charge in [0.25, 0.3) is 15.9 Å². The number of carbonyl (C=O) groups excluding carboxylic acids is 1. The summed E-state index contributed by atoms with van der Waals surface area (Å²) >= 11 is 12.5. The van der Waals surface area contributed by atoms with Crippen LogP contribution in [0.25, 0.3) is 5.69 Å². The van der Waals surface area contributed by atoms with Crippen LogP contribution in [0.3, 0.4) is 0 Å². The van der Waals surface area contributed by atoms with Gasteiger partial charge in [0, 0.05) is 28.0 Å². The van der Waals surface area contributed by atoms with Gasteiger partial charge in [0.1, 0.15) is 6.54 Å². The number of sulfonamides is 1. The topological polar surface area (TPSA) is 102 Å². The number of benzene rings is 3. The van der Waals surface area contributed by atoms with Crippen LogP contribution in [0.4, 0.5) is 5.69 Å². The Balaban J connectivity index is 1.57. The quantitative estimate of drug-likeness (QED) is 0.181. The Hall–Kier alpha value is -3.99. The first-order chi connectivity index (χ1) is 19.6. The van der Waals surface area contributed by atoms with Gasteiger partial charge in [0.05, 0.1) is 41.7 Å². The number of hydrazone groups is 1. The number of anilines is 1. The van der Waals surface area contributed by atoms with Crippen LogP contribution < -0.4 is 19.2 Å². The Labute approximate surface area is 249 Å². The lowest BCUT2D eigenvalue weighted by molar-refractivity contribution is -0.119. The molecule has 1 aromatic heterocycles. The molecule has 0 saturated heterocycles. The third-order valence-electron chi connectivity index (χ3n) is 6.29. The van der Waals surface area contributed by atoms with Crippen LogP contribution in [0, 0.1) is 13.8 Å². The average Bonchev–Trinajstić information content (AvgIpc) is 3.23. The number of hydrogen-bond donors (Lipinski definition) is 1. The molecule has 12 heteroatoms. The molecule has 0 aliphatic carbocycles. The summed E-state index contributed by atoms with van der Waals surface area (Å²) in [6, 6.07) is 19.7. The monoisotopic (exact) mass is 614 g/mol. The summed E-state index contributed by atoms with van der Waals surface area (Å²) in [6.45, 7) is 3.30. The van der Waals surface area contributed by atoms with Gasteiger partial charge in [-0.3, -0.25) is 9.10 Å². The predicted octanol–water partition coefficient (Wildman–Crippen LogP) is 5.76. The van der Waals surface area contributed by atoms with Gasteiger partial charge in [-0.25, -0.2) is 13.8 Å². The van der Waals surface area contributed by atoms with Crippen LogP contribution in [0.2, 0.25) is 10.0 Å². The summed E-state index contributed by atoms with van der Waals surface area (Å²) in [5.41, 5.74) is 5.99. The molecule has 1 heterocycles. The third-order valence-corrected chi connectivity index (χ3v) is 8.60. The smallest absolute Gasteiger partial charge is 0.264 e. The van der Waals surface area contributed by atoms with Crippen LogP contribution >= 0.6 is 23.2 Å². The Bertz CT molecular complexity index is 1710. The van der Waals surface area contributed by atoms with Crippen molar-refractivity contribution in [3.05, 3.63) is 99.8 Å². The van der Waals surface area contributed by atoms with Crippen LogP contribution in [0.15, 0.2) is 82.8 Å². The Morgan fingerprint density at radius 2 is 1.68 bits per heavy atom. The van der Waals surface area contributed by atoms with Gasteiger partial charge in [-0.15, -0.1) is 0 Å². The van der Waals surface area contributed by atoms with Gasteiger partial charge in [-0.1, -0.05) is 41.4 Å². The average molecular weight is 616 g/mol. The standard InChI is InChI=1S/C29H28Cl2N4O5S/c1-19-14-21(20(2)35(19)26-12-10-22(30)15-25(26)31)17-32-33-29(36)18-34(23-8-6-5-7-9-23)41(37,38)24-11-13-27(39-3)28(16-24)40-4/h5-17H,18H2,1-4H3,(H,33,36)/b32-17-. The summed E-state index contributed by atoms with van der Waals surface area (Å²) in [5, 5.41) is 5.11. The van der Waals surface area contributed by atoms with E-state index in [9.17, 15) is 13.2 Å². The molecule has 0 aliphatic heterocycles. The third kappa shape index (κ3) is 6.51. The van der Waals surface area contributed by atoms with E-state index in [1.54, 1.807) is 42.5 Å². The fourth-order valence-electron chi connectivity index (χ4n) is 4.30. The predicted molar refractivity (Wildman–Crippen MR) is 162 cm³/mol. The fraction of sp³-hybridized carbons (Fsp3) is 0.172. The number of aryl methyl sites for hydroxylation is 1. The van der Waals surface area contributed by atoms with Gasteiger partial charge in [-0.05, 0) is 62.4 Å². The maximum absolute atomic E-state index is 13.7. The molecular weight excluding hydrogens is 587 g/mol. The Morgan fingerprint density at radius 1 is 0.976 bits per heavy atom. The lowest BCUT2D eigenvalue weighted by atomic mass is 10.2. The number of nitrogens with zero attached hydrogens (tertiary/aromatic N) is 3. The molecule has 0 radical (unpaired) electrons. The highest BCUT2D eigenvalue weighted by molar-refractivity contribution is 7.92. The molecule has 0 aliphatic rings. The molecule has 1 N–H and O–H groups in total. The van der Waals surface area contributed by atoms with Crippen LogP contribution in [0.5, 0.6) is 11.5 Å². The van der Waals surface area contributed by atoms with E-state index < -0.39 is 22.5 Å². The van der Waals surface area contributed by atoms with E-state index in [-0.39, 0.29) is 10.6 Å². The van der Waals surface area contributed by atoms with Crippen molar-refractivity contribution in [1.29, 1.82) is 0 Å². The van der Waals surface area contributed by atoms with Crippen molar-refractivity contribution in [3.63, 3.8) is 0 Å². The highest BCUT2D eigenvalue weighted by Crippen LogP contribution is 2.32. The number of nitrogens with one attached hydrogen (secondary N) is 1. The molecule has 0 unspecified atom stereocenters. The van der Waals surface area contributed by atoms with Gasteiger partial charge in [0.15, 0.2) is 11.5 Å². The zero-order valence-electron chi connectivity index (χ0n) is 22.8. The van der Waals surface area contributed by atoms with Crippen molar-refractivity contribution < 1.29 is 22.7 Å². The number of aromatic nitrogens is 1. The molecule has 0 bridgehead atoms. The normalized spacial score (nSPS) is 11.5. The van der Waals surface area contributed by atoms with E-state index in [4.69, 9.17) is 32.7 Å². The minimum atomic E-state index is -4.17. The molecular formula is C29H28Cl2N4O5S. The molecule has 9 nitrogen and oxygen atoms in total. The highest BCUT2D eigenvalue weighted by Gasteiger charge is 2.28. The molecule has 1 amide bonds. The lowest BCUT2D eigenvalue weighted by Crippen LogP contribution is -2.39. The zero-order valence-corrected chi connectivity index (χ0v) is 25.1. The minimum Gasteiger partial charge on any atom is -0.493 e. The second kappa shape index (κ2) is 12.7. The number of hydrogen-bond acceptors (Lipinski definition) is 6. The first kappa shape index (κ1) is 30.0. The summed E-state index contributed by atoms with van der Waals surface area (Å²) in [4.78, 5) is 12.9. The van der Waals surface area contributed by atoms with Crippen LogP contribution in [-0.2, 0) is 14.8 Å². The van der Waals surface area contributed by atoms with E-state index >= 15 is 0 Å². The maximum Gasteiger partial charge on any atom is 0.264 e. The second-order valence-electron chi connectivity index (χ2n) is 8.91. The summed E-state index contributed by atoms with van der Waals surface area (Å²) in [6.07, 6.45) is 1.50. The summed E-state index contributed by atoms with van der Waals surface area (Å²) in [7, 11) is -1.30. The number of amides is 1. The largest absolute Gasteiger partial charge is 0.493 e. The number of carbonyl (C=O) groups is 1. The van der Waals surface area contributed by atoms with Crippen molar-refractivity contribution in [2.45, 2.75) is 18.7 Å². The number of para-hydroxylation sites is 1. The first-order valence-electron chi connectivity index (χ1n) is 12.3. The van der Waals surface area contributed by atoms with Crippen molar-refractivity contribution in [2.24, 2.45) is 5.10 Å². The van der Waals surface area contributed by atoms with Gasteiger partial charge < -0.3 is 14.0 Å². The number of halogens is 2. The fourth-order valence-corrected chi connectivity index (χ4v) is 6.23. The van der Waals surface area contributed by atoms with Crippen molar-refractivity contribution >= 4 is 51.0 Å². The molecule has 214 valence electrons. The highest BCUT2D eigenvalue weighted by atomic mass is 35.5.